The van der Waals surface area contributed by atoms with Crippen molar-refractivity contribution in [3.63, 3.8) is 0 Å². The summed E-state index contributed by atoms with van der Waals surface area (Å²) in [6.45, 7) is 12.5. The van der Waals surface area contributed by atoms with E-state index in [1.807, 2.05) is 0 Å². The van der Waals surface area contributed by atoms with Crippen molar-refractivity contribution in [2.45, 2.75) is 52.7 Å². The molecule has 0 aliphatic rings. The highest BCUT2D eigenvalue weighted by Gasteiger charge is 2.28. The van der Waals surface area contributed by atoms with E-state index in [-0.39, 0.29) is 11.2 Å². The fourth-order valence-corrected chi connectivity index (χ4v) is 1.90. The highest BCUT2D eigenvalue weighted by Crippen LogP contribution is 2.18. The van der Waals surface area contributed by atoms with Gasteiger partial charge in [0.1, 0.15) is 0 Å². The summed E-state index contributed by atoms with van der Waals surface area (Å²) in [5.74, 6) is 0.112. The van der Waals surface area contributed by atoms with Crippen molar-refractivity contribution in [1.82, 2.24) is 0 Å². The van der Waals surface area contributed by atoms with E-state index in [1.165, 1.54) is 0 Å². The van der Waals surface area contributed by atoms with E-state index in [1.54, 1.807) is 20.8 Å². The van der Waals surface area contributed by atoms with E-state index >= 15 is 0 Å². The molecule has 4 heteroatoms. The van der Waals surface area contributed by atoms with Gasteiger partial charge in [-0.1, -0.05) is 20.8 Å². The largest absolute Gasteiger partial charge is 0.380 e. The predicted octanol–water partition coefficient (Wildman–Crippen LogP) is 2.65. The van der Waals surface area contributed by atoms with Crippen molar-refractivity contribution in [2.75, 3.05) is 19.0 Å². The lowest BCUT2D eigenvalue weighted by Crippen LogP contribution is -2.32. The fraction of sp³-hybridized carbons (Fsp3) is 1.00. The minimum atomic E-state index is -3.04. The van der Waals surface area contributed by atoms with Crippen molar-refractivity contribution >= 4 is 9.84 Å². The molecule has 0 rings (SSSR count). The second-order valence-electron chi connectivity index (χ2n) is 6.35. The maximum Gasteiger partial charge on any atom is 0.157 e. The average Bonchev–Trinajstić information content (AvgIpc) is 1.98. The molecule has 0 N–H and O–H groups in total. The molecule has 0 bridgehead atoms. The predicted molar refractivity (Wildman–Crippen MR) is 68.4 cm³/mol. The summed E-state index contributed by atoms with van der Waals surface area (Å²) >= 11 is 0. The number of ether oxygens (including phenoxy) is 1. The second kappa shape index (κ2) is 5.50. The molecule has 0 saturated carbocycles. The molecule has 16 heavy (non-hydrogen) atoms. The highest BCUT2D eigenvalue weighted by molar-refractivity contribution is 7.92. The van der Waals surface area contributed by atoms with Crippen LogP contribution in [0.5, 0.6) is 0 Å². The second-order valence-corrected chi connectivity index (χ2v) is 9.22. The van der Waals surface area contributed by atoms with E-state index in [0.29, 0.717) is 13.2 Å². The number of rotatable bonds is 5. The normalized spacial score (nSPS) is 14.1. The fourth-order valence-electron chi connectivity index (χ4n) is 0.955. The third-order valence-corrected chi connectivity index (χ3v) is 5.00. The molecule has 0 spiro atoms. The molecule has 0 saturated heterocycles. The SMILES string of the molecule is CC(C)(C)CCOCCS(=O)(=O)C(C)(C)C. The molecule has 0 aliphatic carbocycles. The first-order valence-electron chi connectivity index (χ1n) is 5.76. The molecular formula is C12H26O3S. The zero-order valence-corrected chi connectivity index (χ0v) is 12.3. The molecule has 0 heterocycles. The summed E-state index contributed by atoms with van der Waals surface area (Å²) in [5, 5.41) is 0. The summed E-state index contributed by atoms with van der Waals surface area (Å²) in [7, 11) is -3.04. The van der Waals surface area contributed by atoms with E-state index in [4.69, 9.17) is 4.74 Å². The molecule has 0 radical (unpaired) electrons. The monoisotopic (exact) mass is 250 g/mol. The van der Waals surface area contributed by atoms with Crippen LogP contribution in [0.3, 0.4) is 0 Å². The minimum Gasteiger partial charge on any atom is -0.380 e. The summed E-state index contributed by atoms with van der Waals surface area (Å²) < 4.78 is 28.1. The lowest BCUT2D eigenvalue weighted by molar-refractivity contribution is 0.120. The summed E-state index contributed by atoms with van der Waals surface area (Å²) in [6.07, 6.45) is 0.947. The van der Waals surface area contributed by atoms with Gasteiger partial charge in [-0.3, -0.25) is 0 Å². The maximum absolute atomic E-state index is 11.7. The molecule has 0 aromatic rings. The van der Waals surface area contributed by atoms with Gasteiger partial charge in [-0.05, 0) is 32.6 Å². The van der Waals surface area contributed by atoms with E-state index in [9.17, 15) is 8.42 Å². The Morgan fingerprint density at radius 1 is 0.938 bits per heavy atom. The third-order valence-electron chi connectivity index (χ3n) is 2.43. The van der Waals surface area contributed by atoms with Gasteiger partial charge >= 0.3 is 0 Å². The summed E-state index contributed by atoms with van der Waals surface area (Å²) in [4.78, 5) is 0. The Morgan fingerprint density at radius 2 is 1.44 bits per heavy atom. The van der Waals surface area contributed by atoms with Gasteiger partial charge in [0.05, 0.1) is 17.1 Å². The van der Waals surface area contributed by atoms with Gasteiger partial charge in [-0.25, -0.2) is 8.42 Å². The molecule has 0 atom stereocenters. The quantitative estimate of drug-likeness (QED) is 0.705. The van der Waals surface area contributed by atoms with Gasteiger partial charge in [0.2, 0.25) is 0 Å². The molecule has 0 unspecified atom stereocenters. The van der Waals surface area contributed by atoms with Crippen molar-refractivity contribution in [2.24, 2.45) is 5.41 Å². The molecule has 0 aliphatic heterocycles. The Labute approximate surface area is 100 Å². The molecule has 0 fully saturated rings. The van der Waals surface area contributed by atoms with Crippen molar-refractivity contribution in [1.29, 1.82) is 0 Å². The van der Waals surface area contributed by atoms with Crippen LogP contribution in [-0.2, 0) is 14.6 Å². The molecule has 3 nitrogen and oxygen atoms in total. The standard InChI is InChI=1S/C12H26O3S/c1-11(2,3)7-8-15-9-10-16(13,14)12(4,5)6/h7-10H2,1-6H3. The van der Waals surface area contributed by atoms with Crippen LogP contribution >= 0.6 is 0 Å². The Morgan fingerprint density at radius 3 is 1.81 bits per heavy atom. The third kappa shape index (κ3) is 6.48. The van der Waals surface area contributed by atoms with Crippen LogP contribution in [0.25, 0.3) is 0 Å². The minimum absolute atomic E-state index is 0.112. The smallest absolute Gasteiger partial charge is 0.157 e. The van der Waals surface area contributed by atoms with Crippen molar-refractivity contribution < 1.29 is 13.2 Å². The molecule has 98 valence electrons. The number of sulfone groups is 1. The number of hydrogen-bond acceptors (Lipinski definition) is 3. The first kappa shape index (κ1) is 15.9. The molecule has 0 aromatic heterocycles. The van der Waals surface area contributed by atoms with Crippen LogP contribution in [0.15, 0.2) is 0 Å². The van der Waals surface area contributed by atoms with Gasteiger partial charge in [0.15, 0.2) is 9.84 Å². The van der Waals surface area contributed by atoms with Crippen LogP contribution in [0, 0.1) is 5.41 Å². The first-order chi connectivity index (χ1) is 6.96. The lowest BCUT2D eigenvalue weighted by Gasteiger charge is -2.20. The number of hydrogen-bond donors (Lipinski definition) is 0. The first-order valence-corrected chi connectivity index (χ1v) is 7.41. The van der Waals surface area contributed by atoms with Gasteiger partial charge < -0.3 is 4.74 Å². The highest BCUT2D eigenvalue weighted by atomic mass is 32.2. The van der Waals surface area contributed by atoms with Crippen molar-refractivity contribution in [3.8, 4) is 0 Å². The maximum atomic E-state index is 11.7. The lowest BCUT2D eigenvalue weighted by atomic mass is 9.93. The Kier molecular flexibility index (Phi) is 5.47. The van der Waals surface area contributed by atoms with E-state index in [2.05, 4.69) is 20.8 Å². The zero-order valence-electron chi connectivity index (χ0n) is 11.5. The van der Waals surface area contributed by atoms with E-state index in [0.717, 1.165) is 6.42 Å². The summed E-state index contributed by atoms with van der Waals surface area (Å²) in [5.41, 5.74) is 0.239. The van der Waals surface area contributed by atoms with Gasteiger partial charge in [-0.2, -0.15) is 0 Å². The van der Waals surface area contributed by atoms with Crippen LogP contribution in [-0.4, -0.2) is 32.1 Å². The molecular weight excluding hydrogens is 224 g/mol. The van der Waals surface area contributed by atoms with Gasteiger partial charge in [-0.15, -0.1) is 0 Å². The van der Waals surface area contributed by atoms with Crippen LogP contribution in [0.2, 0.25) is 0 Å². The average molecular weight is 250 g/mol. The van der Waals surface area contributed by atoms with E-state index < -0.39 is 14.6 Å². The van der Waals surface area contributed by atoms with Crippen molar-refractivity contribution in [3.05, 3.63) is 0 Å². The topological polar surface area (TPSA) is 43.4 Å². The zero-order chi connectivity index (χ0) is 13.0. The van der Waals surface area contributed by atoms with Crippen LogP contribution < -0.4 is 0 Å². The Hall–Kier alpha value is -0.0900. The van der Waals surface area contributed by atoms with Crippen LogP contribution in [0.4, 0.5) is 0 Å². The molecule has 0 amide bonds. The Bertz CT molecular complexity index is 291. The van der Waals surface area contributed by atoms with Gasteiger partial charge in [0.25, 0.3) is 0 Å². The Balaban J connectivity index is 3.85. The van der Waals surface area contributed by atoms with Crippen LogP contribution in [0.1, 0.15) is 48.0 Å². The summed E-state index contributed by atoms with van der Waals surface area (Å²) in [6, 6.07) is 0. The molecule has 0 aromatic carbocycles. The van der Waals surface area contributed by atoms with Gasteiger partial charge in [0, 0.05) is 6.61 Å².